The van der Waals surface area contributed by atoms with Crippen molar-refractivity contribution in [1.82, 2.24) is 4.90 Å². The average molecular weight is 268 g/mol. The monoisotopic (exact) mass is 268 g/mol. The van der Waals surface area contributed by atoms with Crippen LogP contribution in [0.4, 0.5) is 5.69 Å². The summed E-state index contributed by atoms with van der Waals surface area (Å²) in [7, 11) is 0. The zero-order valence-electron chi connectivity index (χ0n) is 11.6. The molecule has 0 saturated carbocycles. The summed E-state index contributed by atoms with van der Waals surface area (Å²) in [6.45, 7) is 10.4. The predicted octanol–water partition coefficient (Wildman–Crippen LogP) is 3.10. The minimum absolute atomic E-state index is 0.651. The van der Waals surface area contributed by atoms with E-state index in [2.05, 4.69) is 24.8 Å². The van der Waals surface area contributed by atoms with Gasteiger partial charge in [-0.3, -0.25) is 0 Å². The van der Waals surface area contributed by atoms with Crippen LogP contribution < -0.4 is 10.5 Å². The highest BCUT2D eigenvalue weighted by molar-refractivity contribution is 7.99. The molecule has 0 aromatic heterocycles. The van der Waals surface area contributed by atoms with Crippen LogP contribution in [0.1, 0.15) is 20.8 Å². The molecule has 0 aliphatic rings. The molecule has 0 bridgehead atoms. The highest BCUT2D eigenvalue weighted by Gasteiger charge is 2.04. The predicted molar refractivity (Wildman–Crippen MR) is 80.5 cm³/mol. The van der Waals surface area contributed by atoms with Crippen molar-refractivity contribution in [2.45, 2.75) is 25.7 Å². The zero-order valence-corrected chi connectivity index (χ0v) is 12.4. The third-order valence-electron chi connectivity index (χ3n) is 2.86. The van der Waals surface area contributed by atoms with E-state index in [1.165, 1.54) is 4.90 Å². The van der Waals surface area contributed by atoms with Crippen LogP contribution in [0.5, 0.6) is 5.75 Å². The molecule has 4 heteroatoms. The maximum atomic E-state index is 5.85. The summed E-state index contributed by atoms with van der Waals surface area (Å²) >= 11 is 1.85. The Morgan fingerprint density at radius 3 is 2.56 bits per heavy atom. The smallest absolute Gasteiger partial charge is 0.143 e. The van der Waals surface area contributed by atoms with Crippen molar-refractivity contribution < 1.29 is 4.74 Å². The van der Waals surface area contributed by atoms with E-state index in [0.29, 0.717) is 12.3 Å². The Labute approximate surface area is 115 Å². The molecule has 0 aliphatic carbocycles. The van der Waals surface area contributed by atoms with Crippen LogP contribution in [0.3, 0.4) is 0 Å². The molecule has 1 aromatic rings. The number of nitrogen functional groups attached to an aromatic ring is 1. The second kappa shape index (κ2) is 8.27. The maximum Gasteiger partial charge on any atom is 0.143 e. The first-order valence-corrected chi connectivity index (χ1v) is 7.57. The highest BCUT2D eigenvalue weighted by atomic mass is 32.2. The van der Waals surface area contributed by atoms with Gasteiger partial charge in [0.15, 0.2) is 0 Å². The Morgan fingerprint density at radius 1 is 1.22 bits per heavy atom. The molecular weight excluding hydrogens is 244 g/mol. The van der Waals surface area contributed by atoms with Crippen molar-refractivity contribution in [3.63, 3.8) is 0 Å². The quantitative estimate of drug-likeness (QED) is 0.581. The van der Waals surface area contributed by atoms with Crippen LogP contribution in [0, 0.1) is 0 Å². The number of anilines is 1. The topological polar surface area (TPSA) is 38.5 Å². The van der Waals surface area contributed by atoms with E-state index in [0.717, 1.165) is 31.1 Å². The van der Waals surface area contributed by atoms with Crippen LogP contribution in [0.25, 0.3) is 0 Å². The second-order valence-corrected chi connectivity index (χ2v) is 5.18. The molecule has 3 nitrogen and oxygen atoms in total. The Hall–Kier alpha value is -0.870. The van der Waals surface area contributed by atoms with E-state index in [1.54, 1.807) is 0 Å². The van der Waals surface area contributed by atoms with Crippen molar-refractivity contribution >= 4 is 17.4 Å². The van der Waals surface area contributed by atoms with Gasteiger partial charge in [-0.1, -0.05) is 13.8 Å². The van der Waals surface area contributed by atoms with E-state index in [1.807, 2.05) is 30.8 Å². The molecule has 0 aliphatic heterocycles. The van der Waals surface area contributed by atoms with E-state index < -0.39 is 0 Å². The fourth-order valence-corrected chi connectivity index (χ4v) is 2.66. The van der Waals surface area contributed by atoms with Crippen LogP contribution in [-0.2, 0) is 0 Å². The highest BCUT2D eigenvalue weighted by Crippen LogP contribution is 2.28. The minimum atomic E-state index is 0.651. The lowest BCUT2D eigenvalue weighted by atomic mass is 10.3. The van der Waals surface area contributed by atoms with Gasteiger partial charge >= 0.3 is 0 Å². The number of rotatable bonds is 8. The van der Waals surface area contributed by atoms with Crippen molar-refractivity contribution in [3.05, 3.63) is 18.2 Å². The van der Waals surface area contributed by atoms with Crippen LogP contribution in [0.15, 0.2) is 23.1 Å². The van der Waals surface area contributed by atoms with Gasteiger partial charge in [-0.2, -0.15) is 0 Å². The van der Waals surface area contributed by atoms with E-state index in [9.17, 15) is 0 Å². The molecular formula is C14H24N2OS. The lowest BCUT2D eigenvalue weighted by molar-refractivity contribution is 0.324. The minimum Gasteiger partial charge on any atom is -0.492 e. The molecule has 18 heavy (non-hydrogen) atoms. The molecule has 0 atom stereocenters. The lowest BCUT2D eigenvalue weighted by Gasteiger charge is -2.17. The van der Waals surface area contributed by atoms with Gasteiger partial charge in [0, 0.05) is 17.2 Å². The fraction of sp³-hybridized carbons (Fsp3) is 0.571. The Kier molecular flexibility index (Phi) is 6.98. The van der Waals surface area contributed by atoms with Crippen LogP contribution >= 0.6 is 11.8 Å². The second-order valence-electron chi connectivity index (χ2n) is 4.01. The number of thioether (sulfide) groups is 1. The fourth-order valence-electron chi connectivity index (χ4n) is 1.72. The number of benzene rings is 1. The van der Waals surface area contributed by atoms with Gasteiger partial charge in [-0.05, 0) is 38.2 Å². The van der Waals surface area contributed by atoms with Crippen molar-refractivity contribution in [1.29, 1.82) is 0 Å². The normalized spacial score (nSPS) is 10.9. The standard InChI is InChI=1S/C14H24N2OS/c1-4-16(5-2)9-10-18-12-7-8-13(15)14(11-12)17-6-3/h7-8,11H,4-6,9-10,15H2,1-3H3. The van der Waals surface area contributed by atoms with E-state index in [4.69, 9.17) is 10.5 Å². The van der Waals surface area contributed by atoms with Gasteiger partial charge in [0.25, 0.3) is 0 Å². The number of ether oxygens (including phenoxy) is 1. The van der Waals surface area contributed by atoms with Gasteiger partial charge in [-0.15, -0.1) is 11.8 Å². The first-order valence-electron chi connectivity index (χ1n) is 6.58. The molecule has 1 aromatic carbocycles. The molecule has 0 spiro atoms. The van der Waals surface area contributed by atoms with Crippen LogP contribution in [0.2, 0.25) is 0 Å². The molecule has 102 valence electrons. The van der Waals surface area contributed by atoms with Crippen molar-refractivity contribution in [2.24, 2.45) is 0 Å². The third kappa shape index (κ3) is 4.78. The summed E-state index contributed by atoms with van der Waals surface area (Å²) in [5, 5.41) is 0. The maximum absolute atomic E-state index is 5.85. The number of nitrogens with two attached hydrogens (primary N) is 1. The lowest BCUT2D eigenvalue weighted by Crippen LogP contribution is -2.25. The van der Waals surface area contributed by atoms with E-state index in [-0.39, 0.29) is 0 Å². The first-order chi connectivity index (χ1) is 8.71. The van der Waals surface area contributed by atoms with Crippen molar-refractivity contribution in [2.75, 3.05) is 37.7 Å². The summed E-state index contributed by atoms with van der Waals surface area (Å²) in [6, 6.07) is 6.02. The summed E-state index contributed by atoms with van der Waals surface area (Å²) in [6.07, 6.45) is 0. The number of nitrogens with zero attached hydrogens (tertiary/aromatic N) is 1. The third-order valence-corrected chi connectivity index (χ3v) is 3.83. The number of hydrogen-bond acceptors (Lipinski definition) is 4. The van der Waals surface area contributed by atoms with Gasteiger partial charge in [-0.25, -0.2) is 0 Å². The molecule has 0 radical (unpaired) electrons. The SMILES string of the molecule is CCOc1cc(SCCN(CC)CC)ccc1N. The van der Waals surface area contributed by atoms with E-state index >= 15 is 0 Å². The Balaban J connectivity index is 2.49. The van der Waals surface area contributed by atoms with Gasteiger partial charge < -0.3 is 15.4 Å². The van der Waals surface area contributed by atoms with Gasteiger partial charge in [0.1, 0.15) is 5.75 Å². The summed E-state index contributed by atoms with van der Waals surface area (Å²) < 4.78 is 5.50. The molecule has 0 fully saturated rings. The molecule has 0 saturated heterocycles. The first kappa shape index (κ1) is 15.2. The molecule has 2 N–H and O–H groups in total. The summed E-state index contributed by atoms with van der Waals surface area (Å²) in [4.78, 5) is 3.65. The zero-order chi connectivity index (χ0) is 13.4. The molecule has 0 amide bonds. The molecule has 0 heterocycles. The van der Waals surface area contributed by atoms with Crippen LogP contribution in [-0.4, -0.2) is 36.9 Å². The van der Waals surface area contributed by atoms with Gasteiger partial charge in [0.2, 0.25) is 0 Å². The number of hydrogen-bond donors (Lipinski definition) is 1. The van der Waals surface area contributed by atoms with Gasteiger partial charge in [0.05, 0.1) is 12.3 Å². The Bertz CT molecular complexity index is 354. The molecule has 1 rings (SSSR count). The molecule has 0 unspecified atom stereocenters. The summed E-state index contributed by atoms with van der Waals surface area (Å²) in [5.74, 6) is 1.89. The Morgan fingerprint density at radius 2 is 1.94 bits per heavy atom. The largest absolute Gasteiger partial charge is 0.492 e. The summed E-state index contributed by atoms with van der Waals surface area (Å²) in [5.41, 5.74) is 6.57. The van der Waals surface area contributed by atoms with Crippen molar-refractivity contribution in [3.8, 4) is 5.75 Å². The average Bonchev–Trinajstić information content (AvgIpc) is 2.38.